The Bertz CT molecular complexity index is 983. The van der Waals surface area contributed by atoms with Gasteiger partial charge in [0.05, 0.1) is 6.10 Å². The van der Waals surface area contributed by atoms with Crippen molar-refractivity contribution >= 4 is 22.0 Å². The normalized spacial score (nSPS) is 46.7. The molecule has 3 N–H and O–H groups in total. The minimum absolute atomic E-state index is 0.0331. The molecule has 8 nitrogen and oxygen atoms in total. The Hall–Kier alpha value is -1.39. The van der Waals surface area contributed by atoms with Crippen molar-refractivity contribution in [3.8, 4) is 0 Å². The van der Waals surface area contributed by atoms with Crippen LogP contribution in [0.25, 0.3) is 0 Å². The maximum atomic E-state index is 12.8. The number of Topliss-reactive ketones (excluding diaryl/α,β-unsaturated/α-hetero) is 1. The molecule has 0 aliphatic heterocycles. The lowest BCUT2D eigenvalue weighted by molar-refractivity contribution is -0.174. The number of hydrogen-bond acceptors (Lipinski definition) is 7. The second-order valence-corrected chi connectivity index (χ2v) is 11.2. The summed E-state index contributed by atoms with van der Waals surface area (Å²) in [4.78, 5) is 24.9. The van der Waals surface area contributed by atoms with Gasteiger partial charge in [-0.05, 0) is 55.6 Å². The molecule has 0 spiro atoms. The first-order chi connectivity index (χ1) is 14.3. The molecule has 0 aromatic heterocycles. The molecule has 172 valence electrons. The van der Waals surface area contributed by atoms with Gasteiger partial charge in [0, 0.05) is 16.7 Å². The van der Waals surface area contributed by atoms with Crippen molar-refractivity contribution in [1.29, 1.82) is 0 Å². The predicted molar refractivity (Wildman–Crippen MR) is 110 cm³/mol. The van der Waals surface area contributed by atoms with E-state index in [1.165, 1.54) is 6.08 Å². The van der Waals surface area contributed by atoms with Crippen LogP contribution in [0.4, 0.5) is 0 Å². The number of carbonyl (C=O) groups excluding carboxylic acids is 2. The van der Waals surface area contributed by atoms with Crippen LogP contribution in [0, 0.1) is 34.5 Å². The summed E-state index contributed by atoms with van der Waals surface area (Å²) in [6, 6.07) is 0. The van der Waals surface area contributed by atoms with Crippen molar-refractivity contribution in [3.63, 3.8) is 0 Å². The molecule has 8 atom stereocenters. The molecule has 0 radical (unpaired) electrons. The summed E-state index contributed by atoms with van der Waals surface area (Å²) >= 11 is 0. The van der Waals surface area contributed by atoms with Crippen LogP contribution >= 0.6 is 0 Å². The fourth-order valence-corrected chi connectivity index (χ4v) is 8.41. The van der Waals surface area contributed by atoms with E-state index < -0.39 is 45.3 Å². The molecule has 0 aromatic rings. The van der Waals surface area contributed by atoms with Crippen LogP contribution < -0.4 is 0 Å². The summed E-state index contributed by atoms with van der Waals surface area (Å²) in [6.07, 6.45) is 5.45. The fourth-order valence-electron chi connectivity index (χ4n) is 7.69. The molecule has 4 rings (SSSR count). The van der Waals surface area contributed by atoms with Crippen LogP contribution in [0.15, 0.2) is 23.8 Å². The van der Waals surface area contributed by atoms with Crippen LogP contribution in [0.5, 0.6) is 0 Å². The molecule has 0 aromatic carbocycles. The highest BCUT2D eigenvalue weighted by molar-refractivity contribution is 7.81. The van der Waals surface area contributed by atoms with E-state index in [1.807, 2.05) is 19.9 Å². The highest BCUT2D eigenvalue weighted by atomic mass is 32.3. The monoisotopic (exact) mass is 454 g/mol. The molecule has 0 amide bonds. The standard InChI is InChI=1S/C22H30O8S/c1-12-8-14-15-5-7-22(18(26)11-23,30-31(27,28)29)21(15,3)10-17(25)19(14)20(2)6-4-13(24)9-16(12)20/h4,6,9,12,14-15,17,19,23,25H,5,7-8,10-11H2,1-3H3,(H,27,28,29)/t12-,14-,15-,17-,19+,20-,21-,22-/m0/s1. The Morgan fingerprint density at radius 2 is 2.00 bits per heavy atom. The van der Waals surface area contributed by atoms with Crippen LogP contribution in [0.2, 0.25) is 0 Å². The topological polar surface area (TPSA) is 138 Å². The van der Waals surface area contributed by atoms with Crippen molar-refractivity contribution in [2.45, 2.75) is 58.2 Å². The van der Waals surface area contributed by atoms with Gasteiger partial charge in [0.25, 0.3) is 0 Å². The highest BCUT2D eigenvalue weighted by Gasteiger charge is 2.70. The van der Waals surface area contributed by atoms with Crippen molar-refractivity contribution in [2.24, 2.45) is 34.5 Å². The largest absolute Gasteiger partial charge is 0.398 e. The maximum absolute atomic E-state index is 12.8. The van der Waals surface area contributed by atoms with Gasteiger partial charge in [-0.2, -0.15) is 8.42 Å². The van der Waals surface area contributed by atoms with Gasteiger partial charge in [-0.1, -0.05) is 32.4 Å². The summed E-state index contributed by atoms with van der Waals surface area (Å²) in [5, 5.41) is 21.0. The van der Waals surface area contributed by atoms with E-state index in [1.54, 1.807) is 13.0 Å². The third-order valence-electron chi connectivity index (χ3n) is 8.78. The summed E-state index contributed by atoms with van der Waals surface area (Å²) < 4.78 is 37.9. The number of rotatable bonds is 4. The molecule has 4 aliphatic carbocycles. The van der Waals surface area contributed by atoms with Gasteiger partial charge >= 0.3 is 10.4 Å². The number of aliphatic hydroxyl groups excluding tert-OH is 2. The van der Waals surface area contributed by atoms with E-state index in [9.17, 15) is 32.8 Å². The van der Waals surface area contributed by atoms with E-state index in [-0.39, 0.29) is 42.3 Å². The van der Waals surface area contributed by atoms with Crippen molar-refractivity contribution in [3.05, 3.63) is 23.8 Å². The van der Waals surface area contributed by atoms with E-state index in [2.05, 4.69) is 0 Å². The van der Waals surface area contributed by atoms with Crippen LogP contribution in [0.1, 0.15) is 46.5 Å². The van der Waals surface area contributed by atoms with Crippen molar-refractivity contribution < 1.29 is 37.0 Å². The van der Waals surface area contributed by atoms with E-state index in [4.69, 9.17) is 4.18 Å². The van der Waals surface area contributed by atoms with Crippen LogP contribution in [-0.2, 0) is 24.2 Å². The van der Waals surface area contributed by atoms with Gasteiger partial charge in [0.2, 0.25) is 0 Å². The zero-order chi connectivity index (χ0) is 23.0. The maximum Gasteiger partial charge on any atom is 0.398 e. The second-order valence-electron chi connectivity index (χ2n) is 10.2. The fraction of sp³-hybridized carbons (Fsp3) is 0.727. The number of hydrogen-bond donors (Lipinski definition) is 3. The Balaban J connectivity index is 1.82. The Labute approximate surface area is 182 Å². The van der Waals surface area contributed by atoms with Gasteiger partial charge in [0.15, 0.2) is 17.2 Å². The first-order valence-corrected chi connectivity index (χ1v) is 12.1. The third kappa shape index (κ3) is 3.12. The van der Waals surface area contributed by atoms with Crippen LogP contribution in [-0.4, -0.2) is 53.1 Å². The molecule has 3 saturated carbocycles. The minimum Gasteiger partial charge on any atom is -0.393 e. The highest BCUT2D eigenvalue weighted by Crippen LogP contribution is 2.68. The average Bonchev–Trinajstić information content (AvgIpc) is 2.93. The van der Waals surface area contributed by atoms with Gasteiger partial charge in [-0.25, -0.2) is 4.18 Å². The molecule has 4 aliphatic rings. The van der Waals surface area contributed by atoms with E-state index >= 15 is 0 Å². The quantitative estimate of drug-likeness (QED) is 0.545. The lowest BCUT2D eigenvalue weighted by atomic mass is 9.45. The average molecular weight is 455 g/mol. The lowest BCUT2D eigenvalue weighted by Gasteiger charge is -2.61. The molecule has 31 heavy (non-hydrogen) atoms. The number of fused-ring (bicyclic) bond motifs is 5. The molecule has 0 bridgehead atoms. The molecule has 0 saturated heterocycles. The number of ketones is 2. The van der Waals surface area contributed by atoms with Crippen LogP contribution in [0.3, 0.4) is 0 Å². The summed E-state index contributed by atoms with van der Waals surface area (Å²) in [5.74, 6) is -1.22. The molecule has 0 heterocycles. The summed E-state index contributed by atoms with van der Waals surface area (Å²) in [5.41, 5.74) is -2.54. The van der Waals surface area contributed by atoms with E-state index in [0.717, 1.165) is 5.57 Å². The van der Waals surface area contributed by atoms with E-state index in [0.29, 0.717) is 12.8 Å². The summed E-state index contributed by atoms with van der Waals surface area (Å²) in [7, 11) is -4.98. The SMILES string of the molecule is C[C@H]1C[C@@H]2[C@H]([C@@H](O)C[C@@]3(C)[C@H]2CC[C@]3(OS(=O)(=O)O)C(=O)CO)[C@@]2(C)C=CC(=O)C=C12. The zero-order valence-corrected chi connectivity index (χ0v) is 18.8. The molecular formula is C22H30O8S. The number of aliphatic hydroxyl groups is 2. The smallest absolute Gasteiger partial charge is 0.393 e. The van der Waals surface area contributed by atoms with Crippen molar-refractivity contribution in [1.82, 2.24) is 0 Å². The predicted octanol–water partition coefficient (Wildman–Crippen LogP) is 1.63. The van der Waals surface area contributed by atoms with Gasteiger partial charge in [-0.3, -0.25) is 14.1 Å². The first kappa shape index (κ1) is 22.8. The first-order valence-electron chi connectivity index (χ1n) is 10.7. The van der Waals surface area contributed by atoms with Crippen molar-refractivity contribution in [2.75, 3.05) is 6.61 Å². The molecule has 0 unspecified atom stereocenters. The van der Waals surface area contributed by atoms with Gasteiger partial charge < -0.3 is 10.2 Å². The summed E-state index contributed by atoms with van der Waals surface area (Å²) in [6.45, 7) is 4.87. The molecular weight excluding hydrogens is 424 g/mol. The lowest BCUT2D eigenvalue weighted by Crippen LogP contribution is -2.63. The molecule has 9 heteroatoms. The second kappa shape index (κ2) is 7.05. The number of allylic oxidation sites excluding steroid dienone is 4. The number of carbonyl (C=O) groups is 2. The Morgan fingerprint density at radius 3 is 2.61 bits per heavy atom. The third-order valence-corrected chi connectivity index (χ3v) is 9.27. The zero-order valence-electron chi connectivity index (χ0n) is 17.9. The molecule has 3 fully saturated rings. The Kier molecular flexibility index (Phi) is 5.19. The Morgan fingerprint density at radius 1 is 1.32 bits per heavy atom. The van der Waals surface area contributed by atoms with Gasteiger partial charge in [-0.15, -0.1) is 0 Å². The minimum atomic E-state index is -4.98. The van der Waals surface area contributed by atoms with Gasteiger partial charge in [0.1, 0.15) is 6.61 Å².